The quantitative estimate of drug-likeness (QED) is 0.683. The van der Waals surface area contributed by atoms with Crippen molar-refractivity contribution < 1.29 is 9.84 Å². The van der Waals surface area contributed by atoms with Gasteiger partial charge in [0.1, 0.15) is 12.4 Å². The van der Waals surface area contributed by atoms with Crippen LogP contribution in [0.1, 0.15) is 82.2 Å². The average molecular weight is 391 g/mol. The molecule has 0 spiro atoms. The summed E-state index contributed by atoms with van der Waals surface area (Å²) >= 11 is 0. The van der Waals surface area contributed by atoms with Gasteiger partial charge in [0.25, 0.3) is 0 Å². The first kappa shape index (κ1) is 20.2. The van der Waals surface area contributed by atoms with Crippen molar-refractivity contribution in [3.63, 3.8) is 0 Å². The van der Waals surface area contributed by atoms with Crippen LogP contribution < -0.4 is 4.74 Å². The molecule has 2 nitrogen and oxygen atoms in total. The minimum atomic E-state index is -0.169. The van der Waals surface area contributed by atoms with E-state index in [-0.39, 0.29) is 22.9 Å². The molecule has 2 aliphatic rings. The molecule has 1 aliphatic heterocycles. The van der Waals surface area contributed by atoms with E-state index in [2.05, 4.69) is 77.9 Å². The van der Waals surface area contributed by atoms with Crippen molar-refractivity contribution >= 4 is 5.57 Å². The van der Waals surface area contributed by atoms with Gasteiger partial charge in [-0.05, 0) is 77.5 Å². The highest BCUT2D eigenvalue weighted by Crippen LogP contribution is 2.49. The van der Waals surface area contributed by atoms with Crippen molar-refractivity contribution in [1.29, 1.82) is 0 Å². The lowest BCUT2D eigenvalue weighted by molar-refractivity contribution is 0.301. The van der Waals surface area contributed by atoms with Crippen LogP contribution in [0.2, 0.25) is 0 Å². The summed E-state index contributed by atoms with van der Waals surface area (Å²) < 4.78 is 6.13. The lowest BCUT2D eigenvalue weighted by Gasteiger charge is -2.42. The standard InChI is InChI=1S/C27H34O2/c1-18(11-14-28)19-7-10-24-23(15-19)27(6,17-29-24)20-8-9-21-22(16-20)26(4,5)13-12-25(21,2)3/h7-11,15-16,28H,12-14,17H2,1-6H3/b18-11-. The third kappa shape index (κ3) is 3.22. The maximum Gasteiger partial charge on any atom is 0.123 e. The second-order valence-corrected chi connectivity index (χ2v) is 10.4. The molecule has 0 bridgehead atoms. The van der Waals surface area contributed by atoms with Gasteiger partial charge >= 0.3 is 0 Å². The molecule has 4 rings (SSSR count). The number of aliphatic hydroxyl groups excluding tert-OH is 1. The highest BCUT2D eigenvalue weighted by molar-refractivity contribution is 5.67. The summed E-state index contributed by atoms with van der Waals surface area (Å²) in [5.41, 5.74) is 8.07. The molecule has 2 heteroatoms. The van der Waals surface area contributed by atoms with Crippen LogP contribution in [0.5, 0.6) is 5.75 Å². The third-order valence-corrected chi connectivity index (χ3v) is 7.43. The van der Waals surface area contributed by atoms with Gasteiger partial charge in [0.05, 0.1) is 12.0 Å². The zero-order valence-corrected chi connectivity index (χ0v) is 18.7. The van der Waals surface area contributed by atoms with Gasteiger partial charge in [0.15, 0.2) is 0 Å². The number of fused-ring (bicyclic) bond motifs is 2. The first-order chi connectivity index (χ1) is 13.6. The van der Waals surface area contributed by atoms with E-state index < -0.39 is 0 Å². The van der Waals surface area contributed by atoms with E-state index in [9.17, 15) is 5.11 Å². The average Bonchev–Trinajstić information content (AvgIpc) is 3.03. The zero-order valence-electron chi connectivity index (χ0n) is 18.7. The molecule has 29 heavy (non-hydrogen) atoms. The smallest absolute Gasteiger partial charge is 0.123 e. The minimum Gasteiger partial charge on any atom is -0.492 e. The van der Waals surface area contributed by atoms with E-state index in [0.29, 0.717) is 6.61 Å². The Morgan fingerprint density at radius 1 is 0.931 bits per heavy atom. The van der Waals surface area contributed by atoms with E-state index in [0.717, 1.165) is 16.9 Å². The summed E-state index contributed by atoms with van der Waals surface area (Å²) in [5, 5.41) is 9.27. The van der Waals surface area contributed by atoms with Crippen LogP contribution in [-0.2, 0) is 16.2 Å². The predicted molar refractivity (Wildman–Crippen MR) is 121 cm³/mol. The number of aliphatic hydroxyl groups is 1. The van der Waals surface area contributed by atoms with Crippen LogP contribution in [0.4, 0.5) is 0 Å². The van der Waals surface area contributed by atoms with Gasteiger partial charge in [-0.15, -0.1) is 0 Å². The Kier molecular flexibility index (Phi) is 4.70. The Balaban J connectivity index is 1.84. The van der Waals surface area contributed by atoms with Crippen LogP contribution in [0.15, 0.2) is 42.5 Å². The largest absolute Gasteiger partial charge is 0.492 e. The van der Waals surface area contributed by atoms with E-state index in [4.69, 9.17) is 4.74 Å². The maximum atomic E-state index is 9.27. The van der Waals surface area contributed by atoms with E-state index in [1.165, 1.54) is 35.1 Å². The second-order valence-electron chi connectivity index (χ2n) is 10.4. The Hall–Kier alpha value is -2.06. The summed E-state index contributed by atoms with van der Waals surface area (Å²) in [6.45, 7) is 14.6. The SMILES string of the molecule is C/C(=C/CO)c1ccc2c(c1)C(C)(c1ccc3c(c1)C(C)(C)CCC3(C)C)CO2. The molecule has 1 heterocycles. The lowest BCUT2D eigenvalue weighted by atomic mass is 9.62. The molecule has 0 saturated heterocycles. The third-order valence-electron chi connectivity index (χ3n) is 7.43. The molecule has 1 atom stereocenters. The fourth-order valence-corrected chi connectivity index (χ4v) is 5.06. The number of rotatable bonds is 3. The molecular formula is C27H34O2. The molecule has 2 aromatic rings. The summed E-state index contributed by atoms with van der Waals surface area (Å²) in [5.74, 6) is 0.977. The van der Waals surface area contributed by atoms with Crippen LogP contribution in [0, 0.1) is 0 Å². The van der Waals surface area contributed by atoms with Crippen molar-refractivity contribution in [2.45, 2.75) is 70.6 Å². The number of hydrogen-bond donors (Lipinski definition) is 1. The Bertz CT molecular complexity index is 980. The van der Waals surface area contributed by atoms with E-state index >= 15 is 0 Å². The van der Waals surface area contributed by atoms with Crippen LogP contribution in [0.25, 0.3) is 5.57 Å². The van der Waals surface area contributed by atoms with Crippen LogP contribution >= 0.6 is 0 Å². The van der Waals surface area contributed by atoms with E-state index in [1.807, 2.05) is 6.08 Å². The molecule has 1 N–H and O–H groups in total. The van der Waals surface area contributed by atoms with Gasteiger partial charge in [-0.2, -0.15) is 0 Å². The Morgan fingerprint density at radius 2 is 1.62 bits per heavy atom. The van der Waals surface area contributed by atoms with Crippen molar-refractivity contribution in [1.82, 2.24) is 0 Å². The first-order valence-electron chi connectivity index (χ1n) is 10.8. The molecule has 1 aliphatic carbocycles. The van der Waals surface area contributed by atoms with Crippen molar-refractivity contribution in [3.05, 3.63) is 70.3 Å². The Labute approximate surface area is 175 Å². The topological polar surface area (TPSA) is 29.5 Å². The summed E-state index contributed by atoms with van der Waals surface area (Å²) in [7, 11) is 0. The van der Waals surface area contributed by atoms with Crippen molar-refractivity contribution in [2.24, 2.45) is 0 Å². The van der Waals surface area contributed by atoms with E-state index in [1.54, 1.807) is 0 Å². The normalized spacial score (nSPS) is 24.6. The molecule has 0 radical (unpaired) electrons. The fourth-order valence-electron chi connectivity index (χ4n) is 5.06. The van der Waals surface area contributed by atoms with Crippen LogP contribution in [-0.4, -0.2) is 18.3 Å². The van der Waals surface area contributed by atoms with Gasteiger partial charge in [-0.25, -0.2) is 0 Å². The lowest BCUT2D eigenvalue weighted by Crippen LogP contribution is -2.35. The number of allylic oxidation sites excluding steroid dienone is 1. The van der Waals surface area contributed by atoms with Crippen LogP contribution in [0.3, 0.4) is 0 Å². The van der Waals surface area contributed by atoms with Gasteiger partial charge in [-0.3, -0.25) is 0 Å². The first-order valence-corrected chi connectivity index (χ1v) is 10.8. The van der Waals surface area contributed by atoms with Crippen molar-refractivity contribution in [3.8, 4) is 5.75 Å². The Morgan fingerprint density at radius 3 is 2.31 bits per heavy atom. The molecule has 1 unspecified atom stereocenters. The van der Waals surface area contributed by atoms with Gasteiger partial charge in [0, 0.05) is 5.56 Å². The molecule has 0 amide bonds. The van der Waals surface area contributed by atoms with Crippen molar-refractivity contribution in [2.75, 3.05) is 13.2 Å². The minimum absolute atomic E-state index is 0.0619. The maximum absolute atomic E-state index is 9.27. The monoisotopic (exact) mass is 390 g/mol. The number of ether oxygens (including phenoxy) is 1. The zero-order chi connectivity index (χ0) is 21.0. The highest BCUT2D eigenvalue weighted by atomic mass is 16.5. The fraction of sp³-hybridized carbons (Fsp3) is 0.481. The summed E-state index contributed by atoms with van der Waals surface area (Å²) in [4.78, 5) is 0. The molecule has 2 aromatic carbocycles. The summed E-state index contributed by atoms with van der Waals surface area (Å²) in [6.07, 6.45) is 4.31. The van der Waals surface area contributed by atoms with Gasteiger partial charge in [0.2, 0.25) is 0 Å². The molecular weight excluding hydrogens is 356 g/mol. The number of hydrogen-bond acceptors (Lipinski definition) is 2. The summed E-state index contributed by atoms with van der Waals surface area (Å²) in [6, 6.07) is 13.6. The second kappa shape index (κ2) is 6.74. The number of benzene rings is 2. The predicted octanol–water partition coefficient (Wildman–Crippen LogP) is 6.13. The van der Waals surface area contributed by atoms with Gasteiger partial charge in [-0.1, -0.05) is 58.0 Å². The molecule has 0 saturated carbocycles. The highest BCUT2D eigenvalue weighted by Gasteiger charge is 2.42. The molecule has 154 valence electrons. The molecule has 0 fully saturated rings. The van der Waals surface area contributed by atoms with Gasteiger partial charge < -0.3 is 9.84 Å². The molecule has 0 aromatic heterocycles.